The molecule has 1 aliphatic carbocycles. The Bertz CT molecular complexity index is 668. The van der Waals surface area contributed by atoms with Crippen molar-refractivity contribution in [2.24, 2.45) is 0 Å². The summed E-state index contributed by atoms with van der Waals surface area (Å²) in [7, 11) is 0. The van der Waals surface area contributed by atoms with Gasteiger partial charge in [0.15, 0.2) is 0 Å². The molecule has 1 fully saturated rings. The van der Waals surface area contributed by atoms with E-state index >= 15 is 0 Å². The van der Waals surface area contributed by atoms with Crippen molar-refractivity contribution >= 4 is 16.7 Å². The van der Waals surface area contributed by atoms with Gasteiger partial charge in [-0.15, -0.1) is 0 Å². The number of nitrogens with one attached hydrogen (secondary N) is 1. The molecule has 1 aromatic carbocycles. The summed E-state index contributed by atoms with van der Waals surface area (Å²) in [6.45, 7) is 0.186. The summed E-state index contributed by atoms with van der Waals surface area (Å²) in [5.41, 5.74) is -0.618. The number of rotatable bonds is 3. The summed E-state index contributed by atoms with van der Waals surface area (Å²) in [4.78, 5) is 7.12. The summed E-state index contributed by atoms with van der Waals surface area (Å²) in [6, 6.07) is 6.50. The number of para-hydroxylation sites is 1. The molecular formula is C14H14F3N3O. The highest BCUT2D eigenvalue weighted by Gasteiger charge is 2.37. The van der Waals surface area contributed by atoms with Gasteiger partial charge >= 0.3 is 6.18 Å². The van der Waals surface area contributed by atoms with Crippen LogP contribution in [0, 0.1) is 0 Å². The zero-order valence-electron chi connectivity index (χ0n) is 11.1. The first-order valence-electron chi connectivity index (χ1n) is 6.68. The summed E-state index contributed by atoms with van der Waals surface area (Å²) in [5.74, 6) is -1.07. The molecule has 0 atom stereocenters. The number of hydrogen-bond acceptors (Lipinski definition) is 4. The molecule has 0 bridgehead atoms. The molecule has 0 spiro atoms. The van der Waals surface area contributed by atoms with Gasteiger partial charge in [0, 0.05) is 11.9 Å². The van der Waals surface area contributed by atoms with Crippen molar-refractivity contribution in [2.45, 2.75) is 31.0 Å². The maximum atomic E-state index is 12.8. The second kappa shape index (κ2) is 4.84. The van der Waals surface area contributed by atoms with Gasteiger partial charge in [0.05, 0.1) is 11.1 Å². The van der Waals surface area contributed by atoms with E-state index in [9.17, 15) is 18.3 Å². The zero-order valence-corrected chi connectivity index (χ0v) is 11.1. The van der Waals surface area contributed by atoms with E-state index < -0.39 is 17.6 Å². The molecule has 0 saturated heterocycles. The number of halogens is 3. The molecule has 112 valence electrons. The largest absolute Gasteiger partial charge is 0.451 e. The first-order chi connectivity index (χ1) is 9.87. The monoisotopic (exact) mass is 297 g/mol. The molecule has 2 aromatic rings. The third kappa shape index (κ3) is 2.78. The second-order valence-corrected chi connectivity index (χ2v) is 5.34. The molecule has 1 saturated carbocycles. The quantitative estimate of drug-likeness (QED) is 0.914. The standard InChI is InChI=1S/C14H14F3N3O/c15-14(16,17)12-19-10-5-2-1-4-9(10)11(20-12)18-8-13(21)6-3-7-13/h1-2,4-5,21H,3,6-8H2,(H,18,19,20). The summed E-state index contributed by atoms with van der Waals surface area (Å²) in [6.07, 6.45) is -2.38. The van der Waals surface area contributed by atoms with E-state index in [1.165, 1.54) is 6.07 Å². The van der Waals surface area contributed by atoms with Crippen molar-refractivity contribution in [2.75, 3.05) is 11.9 Å². The zero-order chi connectivity index (χ0) is 15.1. The molecule has 1 aliphatic rings. The third-order valence-corrected chi connectivity index (χ3v) is 3.73. The van der Waals surface area contributed by atoms with Gasteiger partial charge in [-0.2, -0.15) is 13.2 Å². The van der Waals surface area contributed by atoms with E-state index in [1.807, 2.05) is 0 Å². The lowest BCUT2D eigenvalue weighted by Crippen LogP contribution is -2.43. The number of anilines is 1. The van der Waals surface area contributed by atoms with Gasteiger partial charge in [0.2, 0.25) is 5.82 Å². The number of hydrogen-bond donors (Lipinski definition) is 2. The molecule has 21 heavy (non-hydrogen) atoms. The topological polar surface area (TPSA) is 58.0 Å². The number of nitrogens with zero attached hydrogens (tertiary/aromatic N) is 2. The molecule has 3 rings (SSSR count). The first-order valence-corrected chi connectivity index (χ1v) is 6.68. The van der Waals surface area contributed by atoms with Crippen molar-refractivity contribution in [1.82, 2.24) is 9.97 Å². The first kappa shape index (κ1) is 14.1. The number of fused-ring (bicyclic) bond motifs is 1. The van der Waals surface area contributed by atoms with Crippen LogP contribution in [-0.2, 0) is 6.18 Å². The summed E-state index contributed by atoms with van der Waals surface area (Å²) in [5, 5.41) is 13.4. The predicted molar refractivity (Wildman–Crippen MR) is 71.8 cm³/mol. The highest BCUT2D eigenvalue weighted by molar-refractivity contribution is 5.89. The van der Waals surface area contributed by atoms with Gasteiger partial charge in [-0.3, -0.25) is 0 Å². The van der Waals surface area contributed by atoms with Crippen LogP contribution in [0.1, 0.15) is 25.1 Å². The molecule has 0 amide bonds. The minimum Gasteiger partial charge on any atom is -0.388 e. The van der Waals surface area contributed by atoms with Gasteiger partial charge in [0.25, 0.3) is 0 Å². The lowest BCUT2D eigenvalue weighted by molar-refractivity contribution is -0.144. The van der Waals surface area contributed by atoms with Crippen molar-refractivity contribution in [3.05, 3.63) is 30.1 Å². The lowest BCUT2D eigenvalue weighted by Gasteiger charge is -2.36. The van der Waals surface area contributed by atoms with E-state index in [0.29, 0.717) is 18.2 Å². The van der Waals surface area contributed by atoms with Gasteiger partial charge in [-0.25, -0.2) is 9.97 Å². The minimum atomic E-state index is -4.60. The maximum absolute atomic E-state index is 12.8. The Morgan fingerprint density at radius 3 is 2.52 bits per heavy atom. The van der Waals surface area contributed by atoms with E-state index in [2.05, 4.69) is 15.3 Å². The minimum absolute atomic E-state index is 0.105. The Balaban J connectivity index is 1.98. The van der Waals surface area contributed by atoms with Crippen LogP contribution in [0.25, 0.3) is 10.9 Å². The summed E-state index contributed by atoms with van der Waals surface area (Å²) >= 11 is 0. The van der Waals surface area contributed by atoms with E-state index in [1.54, 1.807) is 18.2 Å². The van der Waals surface area contributed by atoms with Gasteiger partial charge in [-0.05, 0) is 31.4 Å². The van der Waals surface area contributed by atoms with Crippen molar-refractivity contribution < 1.29 is 18.3 Å². The fourth-order valence-corrected chi connectivity index (χ4v) is 2.35. The highest BCUT2D eigenvalue weighted by atomic mass is 19.4. The molecule has 0 unspecified atom stereocenters. The molecule has 7 heteroatoms. The molecule has 2 N–H and O–H groups in total. The fraction of sp³-hybridized carbons (Fsp3) is 0.429. The Hall–Kier alpha value is -1.89. The van der Waals surface area contributed by atoms with Crippen molar-refractivity contribution in [1.29, 1.82) is 0 Å². The van der Waals surface area contributed by atoms with Crippen LogP contribution in [0.15, 0.2) is 24.3 Å². The normalized spacial score (nSPS) is 17.5. The molecular weight excluding hydrogens is 283 g/mol. The molecule has 1 aromatic heterocycles. The number of aromatic nitrogens is 2. The third-order valence-electron chi connectivity index (χ3n) is 3.73. The smallest absolute Gasteiger partial charge is 0.388 e. The highest BCUT2D eigenvalue weighted by Crippen LogP contribution is 2.33. The van der Waals surface area contributed by atoms with Crippen molar-refractivity contribution in [3.8, 4) is 0 Å². The Morgan fingerprint density at radius 1 is 1.19 bits per heavy atom. The predicted octanol–water partition coefficient (Wildman–Crippen LogP) is 2.98. The Kier molecular flexibility index (Phi) is 3.24. The van der Waals surface area contributed by atoms with Crippen LogP contribution in [0.4, 0.5) is 19.0 Å². The molecule has 0 aliphatic heterocycles. The summed E-state index contributed by atoms with van der Waals surface area (Å²) < 4.78 is 38.5. The maximum Gasteiger partial charge on any atom is 0.451 e. The Labute approximate surface area is 119 Å². The SMILES string of the molecule is OC1(CNc2nc(C(F)(F)F)nc3ccccc23)CCC1. The molecule has 0 radical (unpaired) electrons. The van der Waals surface area contributed by atoms with Gasteiger partial charge in [0.1, 0.15) is 5.82 Å². The van der Waals surface area contributed by atoms with Crippen LogP contribution in [0.3, 0.4) is 0 Å². The van der Waals surface area contributed by atoms with Gasteiger partial charge in [-0.1, -0.05) is 12.1 Å². The molecule has 1 heterocycles. The molecule has 4 nitrogen and oxygen atoms in total. The Morgan fingerprint density at radius 2 is 1.90 bits per heavy atom. The average Bonchev–Trinajstić information content (AvgIpc) is 2.41. The van der Waals surface area contributed by atoms with Crippen LogP contribution in [0.2, 0.25) is 0 Å². The second-order valence-electron chi connectivity index (χ2n) is 5.34. The lowest BCUT2D eigenvalue weighted by atomic mass is 9.80. The van der Waals surface area contributed by atoms with Crippen molar-refractivity contribution in [3.63, 3.8) is 0 Å². The van der Waals surface area contributed by atoms with Crippen LogP contribution < -0.4 is 5.32 Å². The van der Waals surface area contributed by atoms with Crippen LogP contribution >= 0.6 is 0 Å². The van der Waals surface area contributed by atoms with Crippen LogP contribution in [-0.4, -0.2) is 27.2 Å². The number of aliphatic hydroxyl groups is 1. The number of alkyl halides is 3. The van der Waals surface area contributed by atoms with E-state index in [0.717, 1.165) is 6.42 Å². The fourth-order valence-electron chi connectivity index (χ4n) is 2.35. The number of benzene rings is 1. The average molecular weight is 297 g/mol. The van der Waals surface area contributed by atoms with Crippen LogP contribution in [0.5, 0.6) is 0 Å². The van der Waals surface area contributed by atoms with E-state index in [-0.39, 0.29) is 17.9 Å². The van der Waals surface area contributed by atoms with Gasteiger partial charge < -0.3 is 10.4 Å². The van der Waals surface area contributed by atoms with E-state index in [4.69, 9.17) is 0 Å².